The molecule has 1 aliphatic heterocycles. The fourth-order valence-corrected chi connectivity index (χ4v) is 2.61. The molecule has 0 unspecified atom stereocenters. The quantitative estimate of drug-likeness (QED) is 0.876. The Bertz CT molecular complexity index is 623. The van der Waals surface area contributed by atoms with Crippen molar-refractivity contribution in [2.24, 2.45) is 5.73 Å². The number of hydrogen-bond donors (Lipinski definition) is 1. The molecule has 2 aliphatic rings. The van der Waals surface area contributed by atoms with Gasteiger partial charge in [0.05, 0.1) is 11.1 Å². The van der Waals surface area contributed by atoms with Crippen LogP contribution >= 0.6 is 0 Å². The van der Waals surface area contributed by atoms with Gasteiger partial charge in [-0.2, -0.15) is 0 Å². The van der Waals surface area contributed by atoms with E-state index in [0.29, 0.717) is 45.1 Å². The van der Waals surface area contributed by atoms with E-state index in [1.807, 2.05) is 0 Å². The maximum atomic E-state index is 13.7. The summed E-state index contributed by atoms with van der Waals surface area (Å²) in [4.78, 5) is 27.5. The lowest BCUT2D eigenvalue weighted by molar-refractivity contribution is -0.135. The van der Waals surface area contributed by atoms with Crippen LogP contribution in [0.1, 0.15) is 23.2 Å². The zero-order valence-corrected chi connectivity index (χ0v) is 12.0. The van der Waals surface area contributed by atoms with Gasteiger partial charge in [0.15, 0.2) is 0 Å². The van der Waals surface area contributed by atoms with E-state index >= 15 is 0 Å². The second-order valence-corrected chi connectivity index (χ2v) is 5.86. The zero-order chi connectivity index (χ0) is 15.9. The Morgan fingerprint density at radius 1 is 1.05 bits per heavy atom. The van der Waals surface area contributed by atoms with Crippen LogP contribution in [0.25, 0.3) is 0 Å². The van der Waals surface area contributed by atoms with Gasteiger partial charge in [0.1, 0.15) is 11.6 Å². The number of hydrogen-bond acceptors (Lipinski definition) is 3. The molecule has 2 fully saturated rings. The highest BCUT2D eigenvalue weighted by molar-refractivity contribution is 5.95. The molecule has 2 amide bonds. The van der Waals surface area contributed by atoms with Crippen molar-refractivity contribution in [3.05, 3.63) is 35.4 Å². The van der Waals surface area contributed by atoms with Crippen LogP contribution in [-0.4, -0.2) is 53.3 Å². The predicted molar refractivity (Wildman–Crippen MR) is 75.0 cm³/mol. The minimum absolute atomic E-state index is 0.0763. The molecule has 7 heteroatoms. The molecule has 1 saturated carbocycles. The average molecular weight is 309 g/mol. The maximum absolute atomic E-state index is 13.7. The van der Waals surface area contributed by atoms with Crippen LogP contribution in [0.2, 0.25) is 0 Å². The van der Waals surface area contributed by atoms with Crippen molar-refractivity contribution in [2.45, 2.75) is 18.4 Å². The molecule has 0 spiro atoms. The predicted octanol–water partition coefficient (Wildman–Crippen LogP) is 0.741. The Morgan fingerprint density at radius 2 is 1.64 bits per heavy atom. The molecule has 0 bridgehead atoms. The van der Waals surface area contributed by atoms with Crippen molar-refractivity contribution in [1.82, 2.24) is 9.80 Å². The molecule has 1 aliphatic carbocycles. The van der Waals surface area contributed by atoms with Gasteiger partial charge in [-0.15, -0.1) is 0 Å². The number of carbonyl (C=O) groups is 2. The van der Waals surface area contributed by atoms with Crippen molar-refractivity contribution in [3.63, 3.8) is 0 Å². The number of amides is 2. The largest absolute Gasteiger partial charge is 0.338 e. The highest BCUT2D eigenvalue weighted by Gasteiger charge is 2.48. The lowest BCUT2D eigenvalue weighted by Crippen LogP contribution is -2.55. The molecule has 1 heterocycles. The monoisotopic (exact) mass is 309 g/mol. The van der Waals surface area contributed by atoms with Crippen LogP contribution in [0, 0.1) is 11.6 Å². The molecule has 2 N–H and O–H groups in total. The van der Waals surface area contributed by atoms with E-state index in [4.69, 9.17) is 5.73 Å². The smallest absolute Gasteiger partial charge is 0.256 e. The Morgan fingerprint density at radius 3 is 2.18 bits per heavy atom. The lowest BCUT2D eigenvalue weighted by atomic mass is 10.1. The van der Waals surface area contributed by atoms with Crippen LogP contribution < -0.4 is 5.73 Å². The summed E-state index contributed by atoms with van der Waals surface area (Å²) in [5, 5.41) is 0. The SMILES string of the molecule is NC1(C(=O)N2CCN(C(=O)c3ccc(F)cc3F)CC2)CC1. The van der Waals surface area contributed by atoms with E-state index in [1.165, 1.54) is 4.90 Å². The van der Waals surface area contributed by atoms with E-state index in [0.717, 1.165) is 12.1 Å². The number of carbonyl (C=O) groups excluding carboxylic acids is 2. The molecular weight excluding hydrogens is 292 g/mol. The summed E-state index contributed by atoms with van der Waals surface area (Å²) in [7, 11) is 0. The zero-order valence-electron chi connectivity index (χ0n) is 12.0. The van der Waals surface area contributed by atoms with Crippen molar-refractivity contribution < 1.29 is 18.4 Å². The number of halogens is 2. The van der Waals surface area contributed by atoms with Gasteiger partial charge in [-0.3, -0.25) is 9.59 Å². The van der Waals surface area contributed by atoms with Gasteiger partial charge in [0, 0.05) is 32.2 Å². The summed E-state index contributed by atoms with van der Waals surface area (Å²) in [6, 6.07) is 2.89. The molecule has 5 nitrogen and oxygen atoms in total. The summed E-state index contributed by atoms with van der Waals surface area (Å²) >= 11 is 0. The molecule has 0 radical (unpaired) electrons. The number of benzene rings is 1. The minimum atomic E-state index is -0.873. The van der Waals surface area contributed by atoms with Gasteiger partial charge in [-0.05, 0) is 25.0 Å². The van der Waals surface area contributed by atoms with Crippen molar-refractivity contribution in [3.8, 4) is 0 Å². The lowest BCUT2D eigenvalue weighted by Gasteiger charge is -2.36. The second kappa shape index (κ2) is 5.31. The molecule has 1 aromatic carbocycles. The van der Waals surface area contributed by atoms with Crippen LogP contribution in [0.15, 0.2) is 18.2 Å². The summed E-state index contributed by atoms with van der Waals surface area (Å²) in [5.74, 6) is -2.16. The van der Waals surface area contributed by atoms with Crippen LogP contribution in [0.5, 0.6) is 0 Å². The standard InChI is InChI=1S/C15H17F2N3O2/c16-10-1-2-11(12(17)9-10)13(21)19-5-7-20(8-6-19)14(22)15(18)3-4-15/h1-2,9H,3-8,18H2. The average Bonchev–Trinajstić information content (AvgIpc) is 3.25. The van der Waals surface area contributed by atoms with Crippen LogP contribution in [-0.2, 0) is 4.79 Å². The van der Waals surface area contributed by atoms with E-state index in [2.05, 4.69) is 0 Å². The van der Waals surface area contributed by atoms with Crippen LogP contribution in [0.3, 0.4) is 0 Å². The van der Waals surface area contributed by atoms with E-state index < -0.39 is 23.1 Å². The third kappa shape index (κ3) is 2.68. The van der Waals surface area contributed by atoms with Gasteiger partial charge < -0.3 is 15.5 Å². The summed E-state index contributed by atoms with van der Waals surface area (Å²) in [5.41, 5.74) is 5.02. The highest BCUT2D eigenvalue weighted by Crippen LogP contribution is 2.34. The molecular formula is C15H17F2N3O2. The van der Waals surface area contributed by atoms with E-state index in [-0.39, 0.29) is 11.5 Å². The summed E-state index contributed by atoms with van der Waals surface area (Å²) in [6.07, 6.45) is 1.40. The normalized spacial score (nSPS) is 20.0. The third-order valence-electron chi connectivity index (χ3n) is 4.23. The molecule has 3 rings (SSSR count). The first-order chi connectivity index (χ1) is 10.4. The first-order valence-corrected chi connectivity index (χ1v) is 7.23. The fourth-order valence-electron chi connectivity index (χ4n) is 2.61. The number of nitrogens with zero attached hydrogens (tertiary/aromatic N) is 2. The number of rotatable bonds is 2. The molecule has 0 aromatic heterocycles. The van der Waals surface area contributed by atoms with Crippen molar-refractivity contribution >= 4 is 11.8 Å². The Hall–Kier alpha value is -2.02. The Balaban J connectivity index is 1.63. The first-order valence-electron chi connectivity index (χ1n) is 7.23. The fraction of sp³-hybridized carbons (Fsp3) is 0.467. The van der Waals surface area contributed by atoms with E-state index in [9.17, 15) is 18.4 Å². The maximum Gasteiger partial charge on any atom is 0.256 e. The molecule has 1 aromatic rings. The van der Waals surface area contributed by atoms with Gasteiger partial charge in [-0.25, -0.2) is 8.78 Å². The molecule has 0 atom stereocenters. The number of piperazine rings is 1. The van der Waals surface area contributed by atoms with Gasteiger partial charge in [0.25, 0.3) is 5.91 Å². The summed E-state index contributed by atoms with van der Waals surface area (Å²) in [6.45, 7) is 1.40. The number of nitrogens with two attached hydrogens (primary N) is 1. The van der Waals surface area contributed by atoms with Crippen molar-refractivity contribution in [2.75, 3.05) is 26.2 Å². The van der Waals surface area contributed by atoms with Gasteiger partial charge in [0.2, 0.25) is 5.91 Å². The highest BCUT2D eigenvalue weighted by atomic mass is 19.1. The Labute approximate surface area is 126 Å². The van der Waals surface area contributed by atoms with Gasteiger partial charge in [-0.1, -0.05) is 0 Å². The topological polar surface area (TPSA) is 66.6 Å². The summed E-state index contributed by atoms with van der Waals surface area (Å²) < 4.78 is 26.5. The first kappa shape index (κ1) is 14.9. The minimum Gasteiger partial charge on any atom is -0.338 e. The van der Waals surface area contributed by atoms with Crippen molar-refractivity contribution in [1.29, 1.82) is 0 Å². The van der Waals surface area contributed by atoms with Crippen LogP contribution in [0.4, 0.5) is 8.78 Å². The molecule has 22 heavy (non-hydrogen) atoms. The Kier molecular flexibility index (Phi) is 3.60. The molecule has 118 valence electrons. The second-order valence-electron chi connectivity index (χ2n) is 5.86. The third-order valence-corrected chi connectivity index (χ3v) is 4.23. The van der Waals surface area contributed by atoms with E-state index in [1.54, 1.807) is 4.90 Å². The molecule has 1 saturated heterocycles. The van der Waals surface area contributed by atoms with Gasteiger partial charge >= 0.3 is 0 Å².